The number of likely N-dealkylation sites (tertiary alicyclic amines) is 1. The Labute approximate surface area is 271 Å². The van der Waals surface area contributed by atoms with Crippen LogP contribution in [0.3, 0.4) is 0 Å². The molecule has 3 aliphatic rings. The molecule has 3 aliphatic heterocycles. The molecule has 1 aromatic carbocycles. The van der Waals surface area contributed by atoms with E-state index in [0.29, 0.717) is 45.8 Å². The molecule has 248 valence electrons. The van der Waals surface area contributed by atoms with E-state index >= 15 is 4.39 Å². The van der Waals surface area contributed by atoms with Crippen LogP contribution in [0, 0.1) is 12.8 Å². The summed E-state index contributed by atoms with van der Waals surface area (Å²) in [7, 11) is 2.53. The van der Waals surface area contributed by atoms with Gasteiger partial charge in [-0.3, -0.25) is 4.90 Å². The zero-order valence-electron chi connectivity index (χ0n) is 27.7. The van der Waals surface area contributed by atoms with E-state index in [2.05, 4.69) is 49.8 Å². The molecule has 4 heterocycles. The summed E-state index contributed by atoms with van der Waals surface area (Å²) in [6.07, 6.45) is 7.79. The van der Waals surface area contributed by atoms with Crippen LogP contribution in [0.1, 0.15) is 99.7 Å². The molecule has 1 aromatic heterocycles. The van der Waals surface area contributed by atoms with Crippen molar-refractivity contribution >= 4 is 21.0 Å². The number of unbranched alkanes of at least 4 members (excludes halogenated alkanes) is 1. The minimum atomic E-state index is -1.40. The summed E-state index contributed by atoms with van der Waals surface area (Å²) in [5, 5.41) is 2.00. The van der Waals surface area contributed by atoms with Crippen molar-refractivity contribution in [1.82, 2.24) is 9.88 Å². The van der Waals surface area contributed by atoms with Crippen molar-refractivity contribution in [3.8, 4) is 0 Å². The summed E-state index contributed by atoms with van der Waals surface area (Å²) in [5.74, 6) is 0.536. The van der Waals surface area contributed by atoms with Crippen molar-refractivity contribution in [2.75, 3.05) is 38.2 Å². The fourth-order valence-electron chi connectivity index (χ4n) is 6.81. The first kappa shape index (κ1) is 34.2. The maximum Gasteiger partial charge on any atom is 0.328 e. The number of halogens is 1. The zero-order valence-corrected chi connectivity index (χ0v) is 28.9. The molecule has 2 fully saturated rings. The Morgan fingerprint density at radius 3 is 2.76 bits per heavy atom. The summed E-state index contributed by atoms with van der Waals surface area (Å²) < 4.78 is 34.1. The number of pyridine rings is 1. The molecule has 4 atom stereocenters. The molecule has 0 spiro atoms. The number of carbonyl (C=O) groups excluding carboxylic acids is 1. The van der Waals surface area contributed by atoms with Crippen LogP contribution >= 0.6 is 9.24 Å². The topological polar surface area (TPSA) is 72.9 Å². The van der Waals surface area contributed by atoms with E-state index in [1.54, 1.807) is 0 Å². The second-order valence-electron chi connectivity index (χ2n) is 14.2. The van der Waals surface area contributed by atoms with Crippen LogP contribution in [0.15, 0.2) is 30.3 Å². The smallest absolute Gasteiger partial charge is 0.328 e. The van der Waals surface area contributed by atoms with Crippen molar-refractivity contribution in [3.05, 3.63) is 58.3 Å². The van der Waals surface area contributed by atoms with Gasteiger partial charge in [-0.2, -0.15) is 0 Å². The Morgan fingerprint density at radius 2 is 1.98 bits per heavy atom. The molecule has 7 nitrogen and oxygen atoms in total. The molecule has 2 aromatic rings. The van der Waals surface area contributed by atoms with E-state index in [4.69, 9.17) is 19.2 Å². The van der Waals surface area contributed by atoms with E-state index < -0.39 is 17.1 Å². The predicted octanol–water partition coefficient (Wildman–Crippen LogP) is 7.10. The van der Waals surface area contributed by atoms with Crippen molar-refractivity contribution in [2.45, 2.75) is 115 Å². The normalized spacial score (nSPS) is 21.5. The van der Waals surface area contributed by atoms with Gasteiger partial charge in [0.15, 0.2) is 0 Å². The van der Waals surface area contributed by atoms with Crippen molar-refractivity contribution in [1.29, 1.82) is 0 Å². The highest BCUT2D eigenvalue weighted by Crippen LogP contribution is 2.43. The maximum atomic E-state index is 16.3. The number of nitrogens with one attached hydrogen (secondary N) is 1. The predicted molar refractivity (Wildman–Crippen MR) is 180 cm³/mol. The molecule has 5 rings (SSSR count). The zero-order chi connectivity index (χ0) is 32.0. The molecule has 0 aliphatic carbocycles. The Hall–Kier alpha value is -2.12. The number of rotatable bonds is 12. The maximum absolute atomic E-state index is 16.3. The summed E-state index contributed by atoms with van der Waals surface area (Å²) >= 11 is 0. The summed E-state index contributed by atoms with van der Waals surface area (Å²) in [5.41, 5.74) is 4.67. The summed E-state index contributed by atoms with van der Waals surface area (Å²) in [6, 6.07) is 9.90. The highest BCUT2D eigenvalue weighted by atomic mass is 31.0. The van der Waals surface area contributed by atoms with E-state index in [1.165, 1.54) is 5.56 Å². The van der Waals surface area contributed by atoms with Gasteiger partial charge in [-0.1, -0.05) is 39.1 Å². The Kier molecular flexibility index (Phi) is 11.6. The van der Waals surface area contributed by atoms with Gasteiger partial charge in [0.2, 0.25) is 0 Å². The quantitative estimate of drug-likeness (QED) is 0.151. The molecular weight excluding hydrogens is 588 g/mol. The van der Waals surface area contributed by atoms with Crippen LogP contribution in [0.4, 0.5) is 10.2 Å². The van der Waals surface area contributed by atoms with E-state index in [1.807, 2.05) is 27.7 Å². The number of esters is 1. The number of aryl methyl sites for hydroxylation is 3. The number of benzene rings is 1. The molecule has 2 saturated heterocycles. The second-order valence-corrected chi connectivity index (χ2v) is 15.2. The lowest BCUT2D eigenvalue weighted by molar-refractivity contribution is -0.161. The molecule has 0 bridgehead atoms. The number of aromatic nitrogens is 1. The summed E-state index contributed by atoms with van der Waals surface area (Å²) in [6.45, 7) is 11.7. The van der Waals surface area contributed by atoms with Crippen molar-refractivity contribution in [3.63, 3.8) is 0 Å². The van der Waals surface area contributed by atoms with Gasteiger partial charge in [0.25, 0.3) is 0 Å². The highest BCUT2D eigenvalue weighted by Gasteiger charge is 2.44. The molecule has 0 amide bonds. The Morgan fingerprint density at radius 1 is 1.18 bits per heavy atom. The van der Waals surface area contributed by atoms with Crippen LogP contribution in [0.2, 0.25) is 0 Å². The fourth-order valence-corrected chi connectivity index (χ4v) is 7.28. The first-order chi connectivity index (χ1) is 21.5. The first-order valence-electron chi connectivity index (χ1n) is 16.9. The van der Waals surface area contributed by atoms with E-state index in [0.717, 1.165) is 79.7 Å². The van der Waals surface area contributed by atoms with Crippen LogP contribution in [0.25, 0.3) is 0 Å². The van der Waals surface area contributed by atoms with Crippen molar-refractivity contribution < 1.29 is 23.4 Å². The molecule has 9 heteroatoms. The standard InChI is InChI=1S/C36H53FN3O4P/c1-25-10-11-27(24-43-30-15-20-42-21-16-30)31(22-25)32(34(41)44-35(2,3)4)40-19-14-28(23-40)36(37,45)17-6-5-9-29-13-12-26-8-7-18-38-33(26)39-29/h10-13,22,28,30,32H,5-9,14-21,23-24,45H2,1-4H3,(H,38,39)/t28-,32?,36?/m1/s1. The number of ether oxygens (including phenoxy) is 3. The van der Waals surface area contributed by atoms with Crippen LogP contribution in [-0.2, 0) is 38.5 Å². The molecular formula is C36H53FN3O4P. The number of alkyl halides is 1. The lowest BCUT2D eigenvalue weighted by atomic mass is 9.95. The number of fused-ring (bicyclic) bond motifs is 1. The van der Waals surface area contributed by atoms with Gasteiger partial charge in [0.05, 0.1) is 12.7 Å². The SMILES string of the molecule is Cc1ccc(COC2CCOCC2)c(C(C(=O)OC(C)(C)C)N2CC[C@@H](C(F)(P)CCCCc3ccc4c(n3)NCCC4)C2)c1. The minimum absolute atomic E-state index is 0.146. The van der Waals surface area contributed by atoms with Crippen LogP contribution in [0.5, 0.6) is 0 Å². The van der Waals surface area contributed by atoms with E-state index in [9.17, 15) is 4.79 Å². The van der Waals surface area contributed by atoms with Gasteiger partial charge >= 0.3 is 5.97 Å². The summed E-state index contributed by atoms with van der Waals surface area (Å²) in [4.78, 5) is 20.8. The Bertz CT molecular complexity index is 1290. The molecule has 45 heavy (non-hydrogen) atoms. The number of anilines is 1. The van der Waals surface area contributed by atoms with Crippen LogP contribution < -0.4 is 5.32 Å². The van der Waals surface area contributed by atoms with Gasteiger partial charge < -0.3 is 19.5 Å². The molecule has 0 saturated carbocycles. The molecule has 0 radical (unpaired) electrons. The first-order valence-corrected chi connectivity index (χ1v) is 17.5. The number of nitrogens with zero attached hydrogens (tertiary/aromatic N) is 2. The van der Waals surface area contributed by atoms with Gasteiger partial charge in [-0.25, -0.2) is 14.2 Å². The van der Waals surface area contributed by atoms with Crippen LogP contribution in [-0.4, -0.2) is 65.8 Å². The lowest BCUT2D eigenvalue weighted by Gasteiger charge is -2.33. The van der Waals surface area contributed by atoms with Crippen molar-refractivity contribution in [2.24, 2.45) is 5.92 Å². The van der Waals surface area contributed by atoms with Gasteiger partial charge in [0, 0.05) is 37.9 Å². The monoisotopic (exact) mass is 641 g/mol. The number of carbonyl (C=O) groups is 1. The molecule has 3 unspecified atom stereocenters. The third-order valence-corrected chi connectivity index (χ3v) is 10.1. The average molecular weight is 642 g/mol. The molecule has 1 N–H and O–H groups in total. The number of hydrogen-bond acceptors (Lipinski definition) is 7. The van der Waals surface area contributed by atoms with Gasteiger partial charge in [0.1, 0.15) is 22.9 Å². The lowest BCUT2D eigenvalue weighted by Crippen LogP contribution is -2.39. The third kappa shape index (κ3) is 9.47. The van der Waals surface area contributed by atoms with Gasteiger partial charge in [-0.05, 0) is 115 Å². The third-order valence-electron chi connectivity index (χ3n) is 9.33. The second kappa shape index (κ2) is 15.2. The largest absolute Gasteiger partial charge is 0.459 e. The number of hydrogen-bond donors (Lipinski definition) is 1. The minimum Gasteiger partial charge on any atom is -0.459 e. The van der Waals surface area contributed by atoms with Gasteiger partial charge in [-0.15, -0.1) is 0 Å². The highest BCUT2D eigenvalue weighted by molar-refractivity contribution is 7.18. The fraction of sp³-hybridized carbons (Fsp3) is 0.667. The Balaban J connectivity index is 1.24. The van der Waals surface area contributed by atoms with E-state index in [-0.39, 0.29) is 18.0 Å². The average Bonchev–Trinajstić information content (AvgIpc) is 3.49.